The van der Waals surface area contributed by atoms with Crippen molar-refractivity contribution in [2.75, 3.05) is 6.61 Å². The molecule has 4 saturated carbocycles. The Morgan fingerprint density at radius 1 is 0.818 bits per heavy atom. The molecule has 0 saturated heterocycles. The highest BCUT2D eigenvalue weighted by Crippen LogP contribution is 2.58. The minimum absolute atomic E-state index is 0.0203. The average Bonchev–Trinajstić information content (AvgIpc) is 3.57. The van der Waals surface area contributed by atoms with Crippen molar-refractivity contribution in [2.45, 2.75) is 91.9 Å². The molecular weight excluding hydrogens is 404 g/mol. The molecule has 0 aromatic heterocycles. The van der Waals surface area contributed by atoms with Gasteiger partial charge in [0, 0.05) is 6.42 Å². The number of carbonyl (C=O) groups is 1. The molecule has 0 N–H and O–H groups in total. The Morgan fingerprint density at radius 3 is 2.03 bits per heavy atom. The molecule has 10 atom stereocenters. The van der Waals surface area contributed by atoms with Crippen LogP contribution in [0.15, 0.2) is 30.3 Å². The van der Waals surface area contributed by atoms with Crippen molar-refractivity contribution in [2.24, 2.45) is 53.3 Å². The molecule has 4 fully saturated rings. The van der Waals surface area contributed by atoms with Crippen LogP contribution in [0, 0.1) is 53.3 Å². The minimum Gasteiger partial charge on any atom is -0.465 e. The Balaban J connectivity index is 0.000000159. The summed E-state index contributed by atoms with van der Waals surface area (Å²) in [7, 11) is 0. The summed E-state index contributed by atoms with van der Waals surface area (Å²) >= 11 is 0. The van der Waals surface area contributed by atoms with E-state index in [2.05, 4.69) is 65.0 Å². The lowest BCUT2D eigenvalue weighted by Crippen LogP contribution is -2.28. The second kappa shape index (κ2) is 11.0. The fraction of sp³-hybridized carbons (Fsp3) is 0.774. The lowest BCUT2D eigenvalue weighted by Gasteiger charge is -2.32. The predicted octanol–water partition coefficient (Wildman–Crippen LogP) is 8.12. The smallest absolute Gasteiger partial charge is 0.305 e. The molecule has 0 spiro atoms. The number of ether oxygens (including phenoxy) is 1. The normalized spacial score (nSPS) is 40.5. The first-order chi connectivity index (χ1) is 15.9. The van der Waals surface area contributed by atoms with E-state index in [1.807, 2.05) is 0 Å². The minimum atomic E-state index is 0.0203. The van der Waals surface area contributed by atoms with Gasteiger partial charge < -0.3 is 4.74 Å². The molecule has 0 aliphatic heterocycles. The van der Waals surface area contributed by atoms with Crippen molar-refractivity contribution in [3.05, 3.63) is 35.9 Å². The van der Waals surface area contributed by atoms with Gasteiger partial charge in [0.2, 0.25) is 0 Å². The Morgan fingerprint density at radius 2 is 1.45 bits per heavy atom. The number of hydrogen-bond acceptors (Lipinski definition) is 2. The molecule has 2 heteroatoms. The van der Waals surface area contributed by atoms with Crippen molar-refractivity contribution >= 4 is 5.97 Å². The number of esters is 1. The summed E-state index contributed by atoms with van der Waals surface area (Å²) in [4.78, 5) is 11.6. The van der Waals surface area contributed by atoms with Crippen LogP contribution in [0.1, 0.15) is 97.5 Å². The topological polar surface area (TPSA) is 26.3 Å². The molecular formula is C31H48O2. The molecule has 184 valence electrons. The zero-order valence-corrected chi connectivity index (χ0v) is 21.8. The second-order valence-corrected chi connectivity index (χ2v) is 12.1. The van der Waals surface area contributed by atoms with Crippen molar-refractivity contribution < 1.29 is 9.53 Å². The van der Waals surface area contributed by atoms with Gasteiger partial charge in [0.05, 0.1) is 6.61 Å². The standard InChI is InChI=1S/C16H28O2.C15H20/c1-4-5-6-7-16(17)18-10-14-8-13-9-15(14)12(3)11(13)2;1-10-11(2)14-8-13(10)9-15(14)12-6-4-3-5-7-12/h11-15H,4-10H2,1-3H3;3-7,10-11,13-15H,8-9H2,1-2H3/t11?,12?,13-,14?,15+;10?,11?,13-,14-,15-/m01/s1. The monoisotopic (exact) mass is 452 g/mol. The number of hydrogen-bond donors (Lipinski definition) is 0. The molecule has 0 heterocycles. The molecule has 4 bridgehead atoms. The highest BCUT2D eigenvalue weighted by Gasteiger charge is 2.49. The zero-order chi connectivity index (χ0) is 23.5. The van der Waals surface area contributed by atoms with Gasteiger partial charge in [-0.2, -0.15) is 0 Å². The number of benzene rings is 1. The van der Waals surface area contributed by atoms with E-state index in [0.29, 0.717) is 18.9 Å². The van der Waals surface area contributed by atoms with E-state index >= 15 is 0 Å². The first kappa shape index (κ1) is 24.8. The molecule has 4 aliphatic rings. The van der Waals surface area contributed by atoms with Gasteiger partial charge in [-0.05, 0) is 96.8 Å². The highest BCUT2D eigenvalue weighted by atomic mass is 16.5. The average molecular weight is 453 g/mol. The Labute approximate surface area is 203 Å². The molecule has 0 amide bonds. The van der Waals surface area contributed by atoms with E-state index in [4.69, 9.17) is 4.74 Å². The van der Waals surface area contributed by atoms with E-state index < -0.39 is 0 Å². The molecule has 33 heavy (non-hydrogen) atoms. The van der Waals surface area contributed by atoms with Crippen LogP contribution in [-0.4, -0.2) is 12.6 Å². The van der Waals surface area contributed by atoms with Gasteiger partial charge in [0.1, 0.15) is 0 Å². The van der Waals surface area contributed by atoms with Gasteiger partial charge in [-0.25, -0.2) is 0 Å². The number of unbranched alkanes of at least 4 members (excludes halogenated alkanes) is 2. The van der Waals surface area contributed by atoms with E-state index in [1.54, 1.807) is 5.56 Å². The van der Waals surface area contributed by atoms with Crippen LogP contribution in [0.25, 0.3) is 0 Å². The van der Waals surface area contributed by atoms with E-state index in [0.717, 1.165) is 72.5 Å². The van der Waals surface area contributed by atoms with Crippen LogP contribution >= 0.6 is 0 Å². The third kappa shape index (κ3) is 5.35. The SMILES string of the molecule is CC1C(C)[C@H]2C[C@@H]1C[C@@H]2c1ccccc1.CCCCCC(=O)OCC1C[C@H]2C[C@@H]1C(C)C2C. The molecule has 5 unspecified atom stereocenters. The maximum atomic E-state index is 11.6. The third-order valence-electron chi connectivity index (χ3n) is 10.6. The molecule has 0 radical (unpaired) electrons. The van der Waals surface area contributed by atoms with Gasteiger partial charge >= 0.3 is 5.97 Å². The van der Waals surface area contributed by atoms with Crippen LogP contribution in [0.4, 0.5) is 0 Å². The first-order valence-electron chi connectivity index (χ1n) is 14.1. The van der Waals surface area contributed by atoms with Gasteiger partial charge in [-0.3, -0.25) is 4.79 Å². The van der Waals surface area contributed by atoms with Gasteiger partial charge in [-0.1, -0.05) is 77.8 Å². The quantitative estimate of drug-likeness (QED) is 0.308. The van der Waals surface area contributed by atoms with E-state index in [1.165, 1.54) is 25.7 Å². The highest BCUT2D eigenvalue weighted by molar-refractivity contribution is 5.69. The zero-order valence-electron chi connectivity index (χ0n) is 21.8. The van der Waals surface area contributed by atoms with Crippen molar-refractivity contribution in [1.29, 1.82) is 0 Å². The summed E-state index contributed by atoms with van der Waals surface area (Å²) in [5.74, 6) is 8.83. The number of rotatable bonds is 7. The molecule has 1 aromatic carbocycles. The predicted molar refractivity (Wildman–Crippen MR) is 137 cm³/mol. The fourth-order valence-corrected chi connectivity index (χ4v) is 8.10. The molecule has 2 nitrogen and oxygen atoms in total. The van der Waals surface area contributed by atoms with E-state index in [-0.39, 0.29) is 5.97 Å². The number of carbonyl (C=O) groups excluding carboxylic acids is 1. The lowest BCUT2D eigenvalue weighted by molar-refractivity contribution is -0.146. The van der Waals surface area contributed by atoms with E-state index in [9.17, 15) is 4.79 Å². The van der Waals surface area contributed by atoms with Crippen LogP contribution in [-0.2, 0) is 9.53 Å². The maximum Gasteiger partial charge on any atom is 0.305 e. The third-order valence-corrected chi connectivity index (χ3v) is 10.6. The Bertz CT molecular complexity index is 753. The Kier molecular flexibility index (Phi) is 8.24. The summed E-state index contributed by atoms with van der Waals surface area (Å²) in [5, 5.41) is 0. The summed E-state index contributed by atoms with van der Waals surface area (Å²) in [6.07, 6.45) is 9.49. The largest absolute Gasteiger partial charge is 0.465 e. The van der Waals surface area contributed by atoms with Gasteiger partial charge in [0.25, 0.3) is 0 Å². The fourth-order valence-electron chi connectivity index (χ4n) is 8.10. The van der Waals surface area contributed by atoms with Crippen LogP contribution < -0.4 is 0 Å². The van der Waals surface area contributed by atoms with Crippen LogP contribution in [0.5, 0.6) is 0 Å². The first-order valence-corrected chi connectivity index (χ1v) is 14.1. The van der Waals surface area contributed by atoms with Crippen LogP contribution in [0.2, 0.25) is 0 Å². The molecule has 5 rings (SSSR count). The summed E-state index contributed by atoms with van der Waals surface area (Å²) < 4.78 is 5.47. The lowest BCUT2D eigenvalue weighted by atomic mass is 9.73. The summed E-state index contributed by atoms with van der Waals surface area (Å²) in [6, 6.07) is 11.2. The van der Waals surface area contributed by atoms with Crippen LogP contribution in [0.3, 0.4) is 0 Å². The van der Waals surface area contributed by atoms with Crippen molar-refractivity contribution in [3.63, 3.8) is 0 Å². The molecule has 1 aromatic rings. The summed E-state index contributed by atoms with van der Waals surface area (Å²) in [6.45, 7) is 12.5. The van der Waals surface area contributed by atoms with Crippen molar-refractivity contribution in [3.8, 4) is 0 Å². The maximum absolute atomic E-state index is 11.6. The second-order valence-electron chi connectivity index (χ2n) is 12.1. The molecule has 4 aliphatic carbocycles. The van der Waals surface area contributed by atoms with Crippen molar-refractivity contribution in [1.82, 2.24) is 0 Å². The Hall–Kier alpha value is -1.31. The van der Waals surface area contributed by atoms with Gasteiger partial charge in [-0.15, -0.1) is 0 Å². The summed E-state index contributed by atoms with van der Waals surface area (Å²) in [5.41, 5.74) is 1.59. The number of fused-ring (bicyclic) bond motifs is 4. The van der Waals surface area contributed by atoms with Gasteiger partial charge in [0.15, 0.2) is 0 Å².